The van der Waals surface area contributed by atoms with Crippen LogP contribution in [0.4, 0.5) is 17.3 Å². The minimum absolute atomic E-state index is 0.0308. The van der Waals surface area contributed by atoms with E-state index in [-0.39, 0.29) is 18.2 Å². The van der Waals surface area contributed by atoms with Crippen molar-refractivity contribution in [2.24, 2.45) is 5.41 Å². The van der Waals surface area contributed by atoms with Crippen molar-refractivity contribution >= 4 is 35.7 Å². The summed E-state index contributed by atoms with van der Waals surface area (Å²) in [6, 6.07) is 11.2. The number of carbonyl (C=O) groups is 1. The van der Waals surface area contributed by atoms with E-state index in [9.17, 15) is 14.5 Å². The molecule has 0 bridgehead atoms. The maximum atomic E-state index is 13.7. The number of nitrogens with one attached hydrogen (secondary N) is 2. The van der Waals surface area contributed by atoms with E-state index >= 15 is 0 Å². The molecule has 1 aliphatic heterocycles. The zero-order valence-corrected chi connectivity index (χ0v) is 23.3. The Morgan fingerprint density at radius 1 is 1.14 bits per heavy atom. The molecule has 1 unspecified atom stereocenters. The SMILES string of the molecule is CC(C)(CO)Nc1ccc(C(=O)Nc2cccc(P(C)(=O)C3CCCC3)c2)c(N2CCC3(CC2)CC3)n1. The first-order chi connectivity index (χ1) is 17.6. The fourth-order valence-corrected chi connectivity index (χ4v) is 8.41. The average molecular weight is 525 g/mol. The number of pyridine rings is 1. The first-order valence-corrected chi connectivity index (χ1v) is 16.0. The van der Waals surface area contributed by atoms with Gasteiger partial charge in [-0.1, -0.05) is 25.0 Å². The molecule has 1 amide bonds. The number of anilines is 3. The molecule has 0 radical (unpaired) electrons. The fourth-order valence-electron chi connectivity index (χ4n) is 5.86. The maximum Gasteiger partial charge on any atom is 0.259 e. The zero-order valence-electron chi connectivity index (χ0n) is 22.4. The van der Waals surface area contributed by atoms with Crippen molar-refractivity contribution in [3.8, 4) is 0 Å². The summed E-state index contributed by atoms with van der Waals surface area (Å²) in [6.45, 7) is 7.47. The first-order valence-electron chi connectivity index (χ1n) is 13.8. The Bertz CT molecular complexity index is 1190. The highest BCUT2D eigenvalue weighted by Crippen LogP contribution is 2.54. The molecule has 200 valence electrons. The molecule has 3 N–H and O–H groups in total. The fraction of sp³-hybridized carbons (Fsp3) is 0.586. The Kier molecular flexibility index (Phi) is 7.14. The van der Waals surface area contributed by atoms with Crippen molar-refractivity contribution in [1.29, 1.82) is 0 Å². The van der Waals surface area contributed by atoms with E-state index in [1.807, 2.05) is 50.8 Å². The van der Waals surface area contributed by atoms with Gasteiger partial charge in [0.05, 0.1) is 17.7 Å². The highest BCUT2D eigenvalue weighted by molar-refractivity contribution is 7.71. The summed E-state index contributed by atoms with van der Waals surface area (Å²) in [5.41, 5.74) is 1.42. The van der Waals surface area contributed by atoms with Crippen LogP contribution in [0.3, 0.4) is 0 Å². The molecule has 37 heavy (non-hydrogen) atoms. The monoisotopic (exact) mass is 524 g/mol. The first kappa shape index (κ1) is 26.2. The van der Waals surface area contributed by atoms with Crippen LogP contribution in [0.2, 0.25) is 0 Å². The van der Waals surface area contributed by atoms with E-state index in [0.717, 1.165) is 56.9 Å². The molecule has 1 saturated heterocycles. The molecule has 7 nitrogen and oxygen atoms in total. The molecule has 1 aromatic carbocycles. The van der Waals surface area contributed by atoms with Crippen LogP contribution in [0.1, 0.15) is 75.6 Å². The molecule has 1 spiro atoms. The van der Waals surface area contributed by atoms with E-state index in [1.54, 1.807) is 6.07 Å². The van der Waals surface area contributed by atoms with Crippen LogP contribution in [0.5, 0.6) is 0 Å². The highest BCUT2D eigenvalue weighted by atomic mass is 31.2. The minimum Gasteiger partial charge on any atom is -0.394 e. The Morgan fingerprint density at radius 3 is 2.49 bits per heavy atom. The summed E-state index contributed by atoms with van der Waals surface area (Å²) in [6.07, 6.45) is 9.21. The second kappa shape index (κ2) is 10.1. The third-order valence-electron chi connectivity index (χ3n) is 8.70. The van der Waals surface area contributed by atoms with Crippen molar-refractivity contribution in [2.45, 2.75) is 76.4 Å². The number of piperidine rings is 1. The van der Waals surface area contributed by atoms with E-state index < -0.39 is 12.7 Å². The van der Waals surface area contributed by atoms with Gasteiger partial charge in [0.2, 0.25) is 0 Å². The van der Waals surface area contributed by atoms with Crippen LogP contribution in [0.15, 0.2) is 36.4 Å². The lowest BCUT2D eigenvalue weighted by molar-refractivity contribution is 0.102. The Morgan fingerprint density at radius 2 is 1.84 bits per heavy atom. The number of rotatable bonds is 8. The van der Waals surface area contributed by atoms with Crippen LogP contribution in [-0.4, -0.2) is 53.6 Å². The van der Waals surface area contributed by atoms with Crippen molar-refractivity contribution in [1.82, 2.24) is 4.98 Å². The van der Waals surface area contributed by atoms with Gasteiger partial charge in [-0.3, -0.25) is 4.79 Å². The molecular weight excluding hydrogens is 483 g/mol. The van der Waals surface area contributed by atoms with E-state index in [0.29, 0.717) is 28.3 Å². The standard InChI is InChI=1S/C29H41N4O3P/c1-28(2,20-34)32-25-12-11-24(26(31-25)33-17-15-29(13-14-29)16-18-33)27(35)30-21-7-6-10-23(19-21)37(3,36)22-8-4-5-9-22/h6-7,10-12,19,22,34H,4-5,8-9,13-18,20H2,1-3H3,(H,30,35)(H,31,32). The van der Waals surface area contributed by atoms with E-state index in [4.69, 9.17) is 4.98 Å². The summed E-state index contributed by atoms with van der Waals surface area (Å²) in [7, 11) is -2.50. The van der Waals surface area contributed by atoms with Crippen LogP contribution in [0.25, 0.3) is 0 Å². The van der Waals surface area contributed by atoms with Gasteiger partial charge in [-0.25, -0.2) is 4.98 Å². The topological polar surface area (TPSA) is 94.6 Å². The Balaban J connectivity index is 1.39. The number of carbonyl (C=O) groups excluding carboxylic acids is 1. The smallest absolute Gasteiger partial charge is 0.259 e. The maximum absolute atomic E-state index is 13.7. The van der Waals surface area contributed by atoms with Gasteiger partial charge in [-0.2, -0.15) is 0 Å². The quantitative estimate of drug-likeness (QED) is 0.397. The van der Waals surface area contributed by atoms with Gasteiger partial charge >= 0.3 is 0 Å². The van der Waals surface area contributed by atoms with Gasteiger partial charge in [0, 0.05) is 29.7 Å². The van der Waals surface area contributed by atoms with Crippen molar-refractivity contribution in [3.05, 3.63) is 42.0 Å². The second-order valence-corrected chi connectivity index (χ2v) is 15.4. The number of nitrogens with zero attached hydrogens (tertiary/aromatic N) is 2. The molecule has 2 aliphatic carbocycles. The van der Waals surface area contributed by atoms with E-state index in [2.05, 4.69) is 15.5 Å². The number of aromatic nitrogens is 1. The lowest BCUT2D eigenvalue weighted by atomic mass is 9.93. The van der Waals surface area contributed by atoms with E-state index in [1.165, 1.54) is 12.8 Å². The molecule has 5 rings (SSSR count). The molecule has 8 heteroatoms. The molecule has 2 saturated carbocycles. The van der Waals surface area contributed by atoms with Crippen LogP contribution < -0.4 is 20.8 Å². The number of amides is 1. The predicted molar refractivity (Wildman–Crippen MR) is 152 cm³/mol. The number of hydrogen-bond acceptors (Lipinski definition) is 6. The van der Waals surface area contributed by atoms with Gasteiger partial charge < -0.3 is 25.2 Å². The van der Waals surface area contributed by atoms with Gasteiger partial charge in [0.25, 0.3) is 5.91 Å². The van der Waals surface area contributed by atoms with Crippen LogP contribution in [0, 0.1) is 5.41 Å². The molecule has 1 aromatic heterocycles. The third-order valence-corrected chi connectivity index (χ3v) is 11.9. The summed E-state index contributed by atoms with van der Waals surface area (Å²) < 4.78 is 13.7. The lowest BCUT2D eigenvalue weighted by Crippen LogP contribution is -2.38. The summed E-state index contributed by atoms with van der Waals surface area (Å²) in [5, 5.41) is 16.9. The van der Waals surface area contributed by atoms with Gasteiger partial charge in [-0.15, -0.1) is 0 Å². The molecule has 3 fully saturated rings. The number of benzene rings is 1. The van der Waals surface area contributed by atoms with Crippen molar-refractivity contribution in [3.63, 3.8) is 0 Å². The molecule has 1 atom stereocenters. The zero-order chi connectivity index (χ0) is 26.3. The third kappa shape index (κ3) is 5.73. The Hall–Kier alpha value is -2.37. The average Bonchev–Trinajstić information content (AvgIpc) is 3.38. The van der Waals surface area contributed by atoms with Gasteiger partial charge in [0.1, 0.15) is 18.8 Å². The largest absolute Gasteiger partial charge is 0.394 e. The number of aliphatic hydroxyl groups is 1. The number of aliphatic hydroxyl groups excluding tert-OH is 1. The van der Waals surface area contributed by atoms with Gasteiger partial charge in [0.15, 0.2) is 0 Å². The predicted octanol–water partition coefficient (Wildman–Crippen LogP) is 5.46. The molecule has 3 aliphatic rings. The summed E-state index contributed by atoms with van der Waals surface area (Å²) in [4.78, 5) is 20.7. The highest BCUT2D eigenvalue weighted by Gasteiger charge is 2.45. The summed E-state index contributed by atoms with van der Waals surface area (Å²) in [5.74, 6) is 1.10. The normalized spacial score (nSPS) is 21.0. The second-order valence-electron chi connectivity index (χ2n) is 12.2. The Labute approximate surface area is 220 Å². The van der Waals surface area contributed by atoms with Crippen LogP contribution >= 0.6 is 7.14 Å². The lowest BCUT2D eigenvalue weighted by Gasteiger charge is -2.34. The molecular formula is C29H41N4O3P. The molecule has 2 aromatic rings. The van der Waals surface area contributed by atoms with Gasteiger partial charge in [-0.05, 0) is 88.7 Å². The van der Waals surface area contributed by atoms with Crippen molar-refractivity contribution < 1.29 is 14.5 Å². The number of hydrogen-bond donors (Lipinski definition) is 3. The van der Waals surface area contributed by atoms with Crippen molar-refractivity contribution in [2.75, 3.05) is 41.9 Å². The summed E-state index contributed by atoms with van der Waals surface area (Å²) >= 11 is 0. The molecule has 2 heterocycles. The van der Waals surface area contributed by atoms with Crippen LogP contribution in [-0.2, 0) is 4.57 Å². The minimum atomic E-state index is -2.50.